The number of aromatic nitrogens is 1. The molecule has 0 bridgehead atoms. The van der Waals surface area contributed by atoms with Gasteiger partial charge in [-0.15, -0.1) is 0 Å². The Bertz CT molecular complexity index is 650. The molecule has 1 atom stereocenters. The fraction of sp³-hybridized carbons (Fsp3) is 0.375. The quantitative estimate of drug-likeness (QED) is 0.892. The van der Waals surface area contributed by atoms with Gasteiger partial charge < -0.3 is 10.4 Å². The first-order valence-corrected chi connectivity index (χ1v) is 7.05. The van der Waals surface area contributed by atoms with Crippen LogP contribution in [0.4, 0.5) is 5.82 Å². The van der Waals surface area contributed by atoms with E-state index in [-0.39, 0.29) is 0 Å². The Morgan fingerprint density at radius 1 is 1.35 bits per heavy atom. The van der Waals surface area contributed by atoms with Crippen LogP contribution in [-0.4, -0.2) is 22.1 Å². The number of carboxylic acids is 1. The second-order valence-electron chi connectivity index (χ2n) is 5.50. The summed E-state index contributed by atoms with van der Waals surface area (Å²) in [6.07, 6.45) is 3.89. The van der Waals surface area contributed by atoms with Gasteiger partial charge in [0.05, 0.1) is 11.1 Å². The van der Waals surface area contributed by atoms with E-state index in [1.165, 1.54) is 19.3 Å². The van der Waals surface area contributed by atoms with Gasteiger partial charge in [0.25, 0.3) is 0 Å². The molecule has 2 N–H and O–H groups in total. The highest BCUT2D eigenvalue weighted by atomic mass is 16.4. The van der Waals surface area contributed by atoms with Gasteiger partial charge in [0.1, 0.15) is 5.82 Å². The van der Waals surface area contributed by atoms with Gasteiger partial charge in [-0.05, 0) is 49.9 Å². The van der Waals surface area contributed by atoms with Crippen molar-refractivity contribution in [1.82, 2.24) is 4.98 Å². The number of fused-ring (bicyclic) bond motifs is 1. The van der Waals surface area contributed by atoms with Gasteiger partial charge in [-0.2, -0.15) is 0 Å². The molecule has 1 aromatic carbocycles. The summed E-state index contributed by atoms with van der Waals surface area (Å²) in [5.74, 6) is 0.637. The highest BCUT2D eigenvalue weighted by Gasteiger charge is 2.23. The smallest absolute Gasteiger partial charge is 0.336 e. The first kappa shape index (κ1) is 12.9. The van der Waals surface area contributed by atoms with Crippen LogP contribution in [-0.2, 0) is 0 Å². The highest BCUT2D eigenvalue weighted by molar-refractivity contribution is 6.02. The van der Waals surface area contributed by atoms with Crippen LogP contribution in [0.15, 0.2) is 30.3 Å². The Balaban J connectivity index is 1.89. The third-order valence-corrected chi connectivity index (χ3v) is 4.19. The summed E-state index contributed by atoms with van der Waals surface area (Å²) in [5, 5.41) is 13.3. The lowest BCUT2D eigenvalue weighted by atomic mass is 9.80. The van der Waals surface area contributed by atoms with Crippen LogP contribution < -0.4 is 5.32 Å². The topological polar surface area (TPSA) is 62.2 Å². The molecule has 1 heterocycles. The van der Waals surface area contributed by atoms with Gasteiger partial charge in [0.15, 0.2) is 0 Å². The normalized spacial score (nSPS) is 16.6. The summed E-state index contributed by atoms with van der Waals surface area (Å²) in [6.45, 7) is 2.18. The monoisotopic (exact) mass is 270 g/mol. The largest absolute Gasteiger partial charge is 0.478 e. The minimum absolute atomic E-state index is 0.300. The molecule has 1 unspecified atom stereocenters. The molecule has 0 amide bonds. The molecule has 1 aromatic heterocycles. The predicted octanol–water partition coefficient (Wildman–Crippen LogP) is 3.53. The molecule has 1 aliphatic carbocycles. The third kappa shape index (κ3) is 2.33. The number of carbonyl (C=O) groups is 1. The summed E-state index contributed by atoms with van der Waals surface area (Å²) >= 11 is 0. The number of rotatable bonds is 4. The Labute approximate surface area is 117 Å². The molecule has 0 radical (unpaired) electrons. The van der Waals surface area contributed by atoms with Crippen molar-refractivity contribution >= 4 is 22.7 Å². The van der Waals surface area contributed by atoms with Crippen LogP contribution in [0, 0.1) is 5.92 Å². The minimum atomic E-state index is -0.916. The lowest BCUT2D eigenvalue weighted by molar-refractivity contribution is 0.0699. The van der Waals surface area contributed by atoms with Gasteiger partial charge in [-0.1, -0.05) is 12.5 Å². The summed E-state index contributed by atoms with van der Waals surface area (Å²) in [6, 6.07) is 9.30. The Hall–Kier alpha value is -2.10. The maximum atomic E-state index is 11.2. The number of aromatic carboxylic acids is 1. The SMILES string of the molecule is CC(Nc1ccc2c(C(=O)O)cccc2n1)C1CCC1. The summed E-state index contributed by atoms with van der Waals surface area (Å²) in [4.78, 5) is 15.7. The van der Waals surface area contributed by atoms with E-state index in [9.17, 15) is 4.79 Å². The van der Waals surface area contributed by atoms with E-state index in [1.807, 2.05) is 18.2 Å². The first-order chi connectivity index (χ1) is 9.65. The maximum absolute atomic E-state index is 11.2. The van der Waals surface area contributed by atoms with E-state index in [4.69, 9.17) is 5.11 Å². The number of benzene rings is 1. The van der Waals surface area contributed by atoms with E-state index < -0.39 is 5.97 Å². The standard InChI is InChI=1S/C16H18N2O2/c1-10(11-4-2-5-11)17-15-9-8-12-13(16(19)20)6-3-7-14(12)18-15/h3,6-11H,2,4-5H2,1H3,(H,17,18)(H,19,20). The molecule has 0 saturated heterocycles. The van der Waals surface area contributed by atoms with Crippen molar-refractivity contribution in [2.45, 2.75) is 32.2 Å². The van der Waals surface area contributed by atoms with Crippen molar-refractivity contribution in [1.29, 1.82) is 0 Å². The zero-order valence-electron chi connectivity index (χ0n) is 11.5. The third-order valence-electron chi connectivity index (χ3n) is 4.19. The molecule has 0 spiro atoms. The molecule has 1 aliphatic rings. The van der Waals surface area contributed by atoms with Crippen LogP contribution in [0.25, 0.3) is 10.9 Å². The van der Waals surface area contributed by atoms with Crippen LogP contribution in [0.5, 0.6) is 0 Å². The summed E-state index contributed by atoms with van der Waals surface area (Å²) < 4.78 is 0. The van der Waals surface area contributed by atoms with Crippen molar-refractivity contribution in [3.05, 3.63) is 35.9 Å². The summed E-state index contributed by atoms with van der Waals surface area (Å²) in [5.41, 5.74) is 1.02. The maximum Gasteiger partial charge on any atom is 0.336 e. The van der Waals surface area contributed by atoms with Crippen molar-refractivity contribution < 1.29 is 9.90 Å². The second kappa shape index (κ2) is 5.12. The van der Waals surface area contributed by atoms with Gasteiger partial charge in [0, 0.05) is 11.4 Å². The van der Waals surface area contributed by atoms with Gasteiger partial charge in [0.2, 0.25) is 0 Å². The Morgan fingerprint density at radius 2 is 2.15 bits per heavy atom. The first-order valence-electron chi connectivity index (χ1n) is 7.05. The number of hydrogen-bond donors (Lipinski definition) is 2. The molecule has 2 aromatic rings. The highest BCUT2D eigenvalue weighted by Crippen LogP contribution is 2.31. The number of anilines is 1. The molecular formula is C16H18N2O2. The summed E-state index contributed by atoms with van der Waals surface area (Å²) in [7, 11) is 0. The Morgan fingerprint density at radius 3 is 2.80 bits per heavy atom. The lowest BCUT2D eigenvalue weighted by Gasteiger charge is -2.32. The van der Waals surface area contributed by atoms with E-state index in [2.05, 4.69) is 17.2 Å². The molecule has 1 fully saturated rings. The van der Waals surface area contributed by atoms with E-state index in [1.54, 1.807) is 12.1 Å². The predicted molar refractivity (Wildman–Crippen MR) is 79.1 cm³/mol. The van der Waals surface area contributed by atoms with E-state index in [0.29, 0.717) is 17.0 Å². The number of hydrogen-bond acceptors (Lipinski definition) is 3. The van der Waals surface area contributed by atoms with Gasteiger partial charge in [-0.3, -0.25) is 0 Å². The average molecular weight is 270 g/mol. The minimum Gasteiger partial charge on any atom is -0.478 e. The molecule has 4 nitrogen and oxygen atoms in total. The number of nitrogens with one attached hydrogen (secondary N) is 1. The molecule has 1 saturated carbocycles. The lowest BCUT2D eigenvalue weighted by Crippen LogP contribution is -2.31. The number of nitrogens with zero attached hydrogens (tertiary/aromatic N) is 1. The van der Waals surface area contributed by atoms with Crippen LogP contribution in [0.2, 0.25) is 0 Å². The van der Waals surface area contributed by atoms with Crippen molar-refractivity contribution in [2.75, 3.05) is 5.32 Å². The van der Waals surface area contributed by atoms with Crippen LogP contribution >= 0.6 is 0 Å². The molecule has 0 aliphatic heterocycles. The molecule has 104 valence electrons. The Kier molecular flexibility index (Phi) is 3.30. The zero-order valence-corrected chi connectivity index (χ0v) is 11.5. The van der Waals surface area contributed by atoms with Gasteiger partial charge >= 0.3 is 5.97 Å². The fourth-order valence-electron chi connectivity index (χ4n) is 2.71. The molecule has 3 rings (SSSR count). The van der Waals surface area contributed by atoms with E-state index >= 15 is 0 Å². The number of pyridine rings is 1. The van der Waals surface area contributed by atoms with Gasteiger partial charge in [-0.25, -0.2) is 9.78 Å². The average Bonchev–Trinajstić information content (AvgIpc) is 2.35. The van der Waals surface area contributed by atoms with Crippen molar-refractivity contribution in [3.63, 3.8) is 0 Å². The van der Waals surface area contributed by atoms with E-state index in [0.717, 1.165) is 17.3 Å². The molecule has 20 heavy (non-hydrogen) atoms. The second-order valence-corrected chi connectivity index (χ2v) is 5.50. The van der Waals surface area contributed by atoms with Crippen molar-refractivity contribution in [2.24, 2.45) is 5.92 Å². The fourth-order valence-corrected chi connectivity index (χ4v) is 2.71. The zero-order chi connectivity index (χ0) is 14.1. The van der Waals surface area contributed by atoms with Crippen LogP contribution in [0.3, 0.4) is 0 Å². The molecule has 4 heteroatoms. The van der Waals surface area contributed by atoms with Crippen molar-refractivity contribution in [3.8, 4) is 0 Å². The molecular weight excluding hydrogens is 252 g/mol. The van der Waals surface area contributed by atoms with Crippen LogP contribution in [0.1, 0.15) is 36.5 Å². The number of carboxylic acid groups (broad SMARTS) is 1.